The molecule has 3 rings (SSSR count). The van der Waals surface area contributed by atoms with Crippen molar-refractivity contribution in [2.45, 2.75) is 26.4 Å². The van der Waals surface area contributed by atoms with Gasteiger partial charge in [-0.25, -0.2) is 0 Å². The molecule has 2 aromatic carbocycles. The number of ether oxygens (including phenoxy) is 3. The van der Waals surface area contributed by atoms with Crippen LogP contribution >= 0.6 is 0 Å². The second kappa shape index (κ2) is 8.56. The highest BCUT2D eigenvalue weighted by Gasteiger charge is 2.19. The molecule has 1 N–H and O–H groups in total. The number of carbonyl (C=O) groups is 3. The lowest BCUT2D eigenvalue weighted by atomic mass is 10.1. The fourth-order valence-corrected chi connectivity index (χ4v) is 2.72. The van der Waals surface area contributed by atoms with E-state index in [2.05, 4.69) is 5.32 Å². The zero-order valence-electron chi connectivity index (χ0n) is 15.7. The van der Waals surface area contributed by atoms with Crippen LogP contribution in [0.3, 0.4) is 0 Å². The number of amides is 1. The van der Waals surface area contributed by atoms with Crippen LogP contribution in [0.2, 0.25) is 0 Å². The molecule has 1 aliphatic heterocycles. The van der Waals surface area contributed by atoms with E-state index >= 15 is 0 Å². The molecule has 1 amide bonds. The first-order valence-electron chi connectivity index (χ1n) is 8.92. The average molecular weight is 383 g/mol. The first kappa shape index (κ1) is 19.4. The van der Waals surface area contributed by atoms with Gasteiger partial charge in [-0.3, -0.25) is 14.4 Å². The number of hydrogen-bond acceptors (Lipinski definition) is 6. The Labute approximate surface area is 162 Å². The van der Waals surface area contributed by atoms with E-state index in [1.54, 1.807) is 42.5 Å². The van der Waals surface area contributed by atoms with E-state index in [9.17, 15) is 14.4 Å². The highest BCUT2D eigenvalue weighted by Crippen LogP contribution is 2.30. The van der Waals surface area contributed by atoms with Crippen LogP contribution in [-0.2, 0) is 20.7 Å². The van der Waals surface area contributed by atoms with Crippen LogP contribution in [0.25, 0.3) is 0 Å². The third-order valence-corrected chi connectivity index (χ3v) is 4.17. The summed E-state index contributed by atoms with van der Waals surface area (Å²) in [5, 5.41) is 2.64. The third kappa shape index (κ3) is 4.88. The van der Waals surface area contributed by atoms with Gasteiger partial charge in [0.1, 0.15) is 13.2 Å². The summed E-state index contributed by atoms with van der Waals surface area (Å²) in [4.78, 5) is 35.9. The van der Waals surface area contributed by atoms with Gasteiger partial charge in [0.05, 0.1) is 6.42 Å². The van der Waals surface area contributed by atoms with Crippen molar-refractivity contribution in [3.8, 4) is 11.5 Å². The largest absolute Gasteiger partial charge is 0.486 e. The summed E-state index contributed by atoms with van der Waals surface area (Å²) in [5.74, 6) is 0.125. The SMILES string of the molecule is CC(=O)c1cccc(NC(=O)[C@@H](C)OC(=O)Cc2ccc3c(c2)OCCO3)c1. The fourth-order valence-electron chi connectivity index (χ4n) is 2.72. The molecule has 1 heterocycles. The predicted molar refractivity (Wildman–Crippen MR) is 102 cm³/mol. The highest BCUT2D eigenvalue weighted by atomic mass is 16.6. The van der Waals surface area contributed by atoms with Gasteiger partial charge in [0, 0.05) is 11.3 Å². The Morgan fingerprint density at radius 3 is 2.57 bits per heavy atom. The second-order valence-electron chi connectivity index (χ2n) is 6.41. The number of anilines is 1. The lowest BCUT2D eigenvalue weighted by Gasteiger charge is -2.19. The summed E-state index contributed by atoms with van der Waals surface area (Å²) >= 11 is 0. The molecule has 1 atom stereocenters. The Bertz CT molecular complexity index is 908. The van der Waals surface area contributed by atoms with Crippen LogP contribution in [0.5, 0.6) is 11.5 Å². The topological polar surface area (TPSA) is 90.9 Å². The molecule has 146 valence electrons. The van der Waals surface area contributed by atoms with Crippen LogP contribution < -0.4 is 14.8 Å². The molecule has 1 aliphatic rings. The minimum absolute atomic E-state index is 0.00802. The van der Waals surface area contributed by atoms with Gasteiger partial charge in [0.2, 0.25) is 0 Å². The van der Waals surface area contributed by atoms with Crippen LogP contribution in [0.15, 0.2) is 42.5 Å². The zero-order valence-corrected chi connectivity index (χ0v) is 15.7. The first-order valence-corrected chi connectivity index (χ1v) is 8.92. The number of Topliss-reactive ketones (excluding diaryl/α,β-unsaturated/α-hetero) is 1. The number of rotatable bonds is 6. The predicted octanol–water partition coefficient (Wildman–Crippen LogP) is 2.77. The Kier molecular flexibility index (Phi) is 5.93. The minimum atomic E-state index is -0.981. The van der Waals surface area contributed by atoms with E-state index < -0.39 is 18.0 Å². The van der Waals surface area contributed by atoms with Crippen molar-refractivity contribution >= 4 is 23.3 Å². The molecule has 0 unspecified atom stereocenters. The quantitative estimate of drug-likeness (QED) is 0.609. The molecular weight excluding hydrogens is 362 g/mol. The van der Waals surface area contributed by atoms with Crippen LogP contribution in [0.4, 0.5) is 5.69 Å². The molecule has 0 bridgehead atoms. The van der Waals surface area contributed by atoms with E-state index in [1.807, 2.05) is 0 Å². The van der Waals surface area contributed by atoms with Gasteiger partial charge in [0.15, 0.2) is 23.4 Å². The van der Waals surface area contributed by atoms with E-state index in [0.717, 1.165) is 0 Å². The minimum Gasteiger partial charge on any atom is -0.486 e. The van der Waals surface area contributed by atoms with Crippen molar-refractivity contribution in [3.63, 3.8) is 0 Å². The monoisotopic (exact) mass is 383 g/mol. The first-order chi connectivity index (χ1) is 13.4. The van der Waals surface area contributed by atoms with Crippen molar-refractivity contribution in [3.05, 3.63) is 53.6 Å². The smallest absolute Gasteiger partial charge is 0.311 e. The van der Waals surface area contributed by atoms with E-state index in [0.29, 0.717) is 41.5 Å². The molecular formula is C21H21NO6. The number of nitrogens with one attached hydrogen (secondary N) is 1. The molecule has 28 heavy (non-hydrogen) atoms. The third-order valence-electron chi connectivity index (χ3n) is 4.17. The maximum atomic E-state index is 12.3. The van der Waals surface area contributed by atoms with Gasteiger partial charge in [-0.05, 0) is 43.7 Å². The lowest BCUT2D eigenvalue weighted by molar-refractivity contribution is -0.152. The van der Waals surface area contributed by atoms with Crippen LogP contribution in [0.1, 0.15) is 29.8 Å². The molecule has 7 nitrogen and oxygen atoms in total. The number of benzene rings is 2. The highest BCUT2D eigenvalue weighted by molar-refractivity contribution is 5.98. The van der Waals surface area contributed by atoms with Gasteiger partial charge in [-0.2, -0.15) is 0 Å². The molecule has 0 spiro atoms. The van der Waals surface area contributed by atoms with Crippen LogP contribution in [-0.4, -0.2) is 37.0 Å². The lowest BCUT2D eigenvalue weighted by Crippen LogP contribution is -2.30. The number of fused-ring (bicyclic) bond motifs is 1. The van der Waals surface area contributed by atoms with Crippen molar-refractivity contribution in [2.75, 3.05) is 18.5 Å². The molecule has 0 saturated heterocycles. The number of esters is 1. The molecule has 2 aromatic rings. The van der Waals surface area contributed by atoms with Gasteiger partial charge in [0.25, 0.3) is 5.91 Å². The summed E-state index contributed by atoms with van der Waals surface area (Å²) in [6.45, 7) is 3.90. The van der Waals surface area contributed by atoms with Gasteiger partial charge < -0.3 is 19.5 Å². The zero-order chi connectivity index (χ0) is 20.1. The van der Waals surface area contributed by atoms with Gasteiger partial charge >= 0.3 is 5.97 Å². The summed E-state index contributed by atoms with van der Waals surface area (Å²) in [5.41, 5.74) is 1.66. The Morgan fingerprint density at radius 2 is 1.82 bits per heavy atom. The Hall–Kier alpha value is -3.35. The maximum Gasteiger partial charge on any atom is 0.311 e. The number of hydrogen-bond donors (Lipinski definition) is 1. The molecule has 0 aliphatic carbocycles. The number of ketones is 1. The van der Waals surface area contributed by atoms with Crippen molar-refractivity contribution < 1.29 is 28.6 Å². The normalized spacial score (nSPS) is 13.4. The van der Waals surface area contributed by atoms with Crippen molar-refractivity contribution in [2.24, 2.45) is 0 Å². The van der Waals surface area contributed by atoms with E-state index in [4.69, 9.17) is 14.2 Å². The Morgan fingerprint density at radius 1 is 1.07 bits per heavy atom. The Balaban J connectivity index is 1.55. The average Bonchev–Trinajstić information content (AvgIpc) is 2.68. The van der Waals surface area contributed by atoms with Crippen molar-refractivity contribution in [1.82, 2.24) is 0 Å². The molecule has 0 saturated carbocycles. The molecule has 0 aromatic heterocycles. The van der Waals surface area contributed by atoms with Gasteiger partial charge in [-0.1, -0.05) is 18.2 Å². The van der Waals surface area contributed by atoms with E-state index in [1.165, 1.54) is 13.8 Å². The summed E-state index contributed by atoms with van der Waals surface area (Å²) in [7, 11) is 0. The summed E-state index contributed by atoms with van der Waals surface area (Å²) < 4.78 is 16.2. The maximum absolute atomic E-state index is 12.3. The molecule has 0 radical (unpaired) electrons. The fraction of sp³-hybridized carbons (Fsp3) is 0.286. The van der Waals surface area contributed by atoms with Crippen LogP contribution in [0, 0.1) is 0 Å². The van der Waals surface area contributed by atoms with Crippen molar-refractivity contribution in [1.29, 1.82) is 0 Å². The van der Waals surface area contributed by atoms with E-state index in [-0.39, 0.29) is 12.2 Å². The summed E-state index contributed by atoms with van der Waals surface area (Å²) in [6.07, 6.45) is -0.973. The summed E-state index contributed by atoms with van der Waals surface area (Å²) in [6, 6.07) is 11.8. The number of carbonyl (C=O) groups excluding carboxylic acids is 3. The van der Waals surface area contributed by atoms with Gasteiger partial charge in [-0.15, -0.1) is 0 Å². The molecule has 7 heteroatoms. The molecule has 0 fully saturated rings. The second-order valence-corrected chi connectivity index (χ2v) is 6.41. The standard InChI is InChI=1S/C21H21NO6/c1-13(23)16-4-3-5-17(12-16)22-21(25)14(2)28-20(24)11-15-6-7-18-19(10-15)27-9-8-26-18/h3-7,10,12,14H,8-9,11H2,1-2H3,(H,22,25)/t14-/m1/s1.